The molecule has 1 heterocycles. The Labute approximate surface area is 124 Å². The smallest absolute Gasteiger partial charge is 0.127 e. The minimum atomic E-state index is 0.120. The fraction of sp³-hybridized carbons (Fsp3) is 0.200. The van der Waals surface area contributed by atoms with E-state index in [0.717, 1.165) is 17.1 Å². The average molecular weight is 287 g/mol. The molecule has 0 fully saturated rings. The summed E-state index contributed by atoms with van der Waals surface area (Å²) in [5.41, 5.74) is 7.35. The standard InChI is InChI=1S/C15H17N3OS/c1-10(11-6-8-12(19-2)9-7-11)17-14-5-3-4-13(18-14)15(16)20/h3-10H,1-2H3,(H2,16,20)(H,17,18). The normalized spacial score (nSPS) is 11.7. The van der Waals surface area contributed by atoms with E-state index in [2.05, 4.69) is 17.2 Å². The van der Waals surface area contributed by atoms with Crippen LogP contribution in [0.25, 0.3) is 0 Å². The highest BCUT2D eigenvalue weighted by atomic mass is 32.1. The molecule has 0 aliphatic heterocycles. The Morgan fingerprint density at radius 1 is 1.25 bits per heavy atom. The molecule has 1 aromatic carbocycles. The average Bonchev–Trinajstić information content (AvgIpc) is 2.47. The van der Waals surface area contributed by atoms with Crippen LogP contribution in [0.5, 0.6) is 5.75 Å². The van der Waals surface area contributed by atoms with Crippen molar-refractivity contribution in [2.75, 3.05) is 12.4 Å². The molecule has 0 radical (unpaired) electrons. The van der Waals surface area contributed by atoms with Gasteiger partial charge in [-0.25, -0.2) is 4.98 Å². The number of ether oxygens (including phenoxy) is 1. The lowest BCUT2D eigenvalue weighted by molar-refractivity contribution is 0.414. The molecule has 5 heteroatoms. The highest BCUT2D eigenvalue weighted by Gasteiger charge is 2.07. The molecule has 1 unspecified atom stereocenters. The predicted molar refractivity (Wildman–Crippen MR) is 85.2 cm³/mol. The summed E-state index contributed by atoms with van der Waals surface area (Å²) < 4.78 is 5.15. The molecule has 0 spiro atoms. The SMILES string of the molecule is COc1ccc(C(C)Nc2cccc(C(N)=S)n2)cc1. The van der Waals surface area contributed by atoms with E-state index in [1.165, 1.54) is 0 Å². The second-order valence-corrected chi connectivity index (χ2v) is 4.85. The van der Waals surface area contributed by atoms with Crippen LogP contribution in [0.15, 0.2) is 42.5 Å². The molecule has 0 bridgehead atoms. The lowest BCUT2D eigenvalue weighted by atomic mass is 10.1. The Bertz CT molecular complexity index is 598. The number of hydrogen-bond acceptors (Lipinski definition) is 4. The molecule has 104 valence electrons. The van der Waals surface area contributed by atoms with Gasteiger partial charge in [-0.3, -0.25) is 0 Å². The molecule has 3 N–H and O–H groups in total. The topological polar surface area (TPSA) is 60.2 Å². The Morgan fingerprint density at radius 3 is 2.55 bits per heavy atom. The lowest BCUT2D eigenvalue weighted by Gasteiger charge is -2.15. The number of nitrogens with one attached hydrogen (secondary N) is 1. The first kappa shape index (κ1) is 14.3. The van der Waals surface area contributed by atoms with Crippen molar-refractivity contribution < 1.29 is 4.74 Å². The summed E-state index contributed by atoms with van der Waals surface area (Å²) in [5, 5.41) is 3.32. The highest BCUT2D eigenvalue weighted by molar-refractivity contribution is 7.80. The van der Waals surface area contributed by atoms with E-state index in [4.69, 9.17) is 22.7 Å². The number of rotatable bonds is 5. The van der Waals surface area contributed by atoms with Crippen LogP contribution in [0.3, 0.4) is 0 Å². The van der Waals surface area contributed by atoms with E-state index < -0.39 is 0 Å². The number of methoxy groups -OCH3 is 1. The van der Waals surface area contributed by atoms with Crippen molar-refractivity contribution in [1.82, 2.24) is 4.98 Å². The van der Waals surface area contributed by atoms with Crippen LogP contribution < -0.4 is 15.8 Å². The van der Waals surface area contributed by atoms with Gasteiger partial charge in [0.1, 0.15) is 16.6 Å². The third-order valence-electron chi connectivity index (χ3n) is 2.98. The Balaban J connectivity index is 2.12. The van der Waals surface area contributed by atoms with E-state index in [9.17, 15) is 0 Å². The summed E-state index contributed by atoms with van der Waals surface area (Å²) in [6.07, 6.45) is 0. The summed E-state index contributed by atoms with van der Waals surface area (Å²) >= 11 is 4.93. The minimum Gasteiger partial charge on any atom is -0.497 e. The van der Waals surface area contributed by atoms with Crippen LogP contribution in [0, 0.1) is 0 Å². The highest BCUT2D eigenvalue weighted by Crippen LogP contribution is 2.20. The number of pyridine rings is 1. The number of hydrogen-bond donors (Lipinski definition) is 2. The van der Waals surface area contributed by atoms with E-state index in [1.807, 2.05) is 36.4 Å². The largest absolute Gasteiger partial charge is 0.497 e. The van der Waals surface area contributed by atoms with Crippen LogP contribution in [0.2, 0.25) is 0 Å². The van der Waals surface area contributed by atoms with Gasteiger partial charge in [-0.2, -0.15) is 0 Å². The zero-order chi connectivity index (χ0) is 14.5. The quantitative estimate of drug-likeness (QED) is 0.828. The van der Waals surface area contributed by atoms with E-state index >= 15 is 0 Å². The molecule has 0 saturated heterocycles. The third kappa shape index (κ3) is 3.45. The van der Waals surface area contributed by atoms with Gasteiger partial charge in [0.05, 0.1) is 12.8 Å². The number of aromatic nitrogens is 1. The molecule has 0 aliphatic carbocycles. The van der Waals surface area contributed by atoms with Gasteiger partial charge in [0, 0.05) is 6.04 Å². The van der Waals surface area contributed by atoms with Crippen molar-refractivity contribution in [1.29, 1.82) is 0 Å². The molecule has 4 nitrogen and oxygen atoms in total. The van der Waals surface area contributed by atoms with Crippen molar-refractivity contribution in [2.24, 2.45) is 5.73 Å². The maximum absolute atomic E-state index is 5.58. The van der Waals surface area contributed by atoms with Crippen molar-refractivity contribution in [3.63, 3.8) is 0 Å². The molecule has 20 heavy (non-hydrogen) atoms. The van der Waals surface area contributed by atoms with Gasteiger partial charge >= 0.3 is 0 Å². The monoisotopic (exact) mass is 287 g/mol. The number of thiocarbonyl (C=S) groups is 1. The second-order valence-electron chi connectivity index (χ2n) is 4.41. The molecular weight excluding hydrogens is 270 g/mol. The maximum atomic E-state index is 5.58. The van der Waals surface area contributed by atoms with E-state index in [1.54, 1.807) is 13.2 Å². The fourth-order valence-corrected chi connectivity index (χ4v) is 1.96. The molecule has 0 saturated carbocycles. The van der Waals surface area contributed by atoms with Crippen molar-refractivity contribution in [3.8, 4) is 5.75 Å². The van der Waals surface area contributed by atoms with Crippen LogP contribution in [-0.2, 0) is 0 Å². The number of nitrogens with two attached hydrogens (primary N) is 1. The molecule has 1 aromatic heterocycles. The zero-order valence-electron chi connectivity index (χ0n) is 11.5. The molecule has 0 aliphatic rings. The van der Waals surface area contributed by atoms with Gasteiger partial charge in [-0.05, 0) is 36.8 Å². The van der Waals surface area contributed by atoms with Gasteiger partial charge in [0.15, 0.2) is 0 Å². The zero-order valence-corrected chi connectivity index (χ0v) is 12.3. The number of nitrogens with zero attached hydrogens (tertiary/aromatic N) is 1. The van der Waals surface area contributed by atoms with Gasteiger partial charge < -0.3 is 15.8 Å². The van der Waals surface area contributed by atoms with Gasteiger partial charge in [0.2, 0.25) is 0 Å². The Morgan fingerprint density at radius 2 is 1.95 bits per heavy atom. The molecule has 2 rings (SSSR count). The predicted octanol–water partition coefficient (Wildman–Crippen LogP) is 2.90. The van der Waals surface area contributed by atoms with Gasteiger partial charge in [0.25, 0.3) is 0 Å². The van der Waals surface area contributed by atoms with Crippen molar-refractivity contribution in [2.45, 2.75) is 13.0 Å². The first-order valence-electron chi connectivity index (χ1n) is 6.27. The summed E-state index contributed by atoms with van der Waals surface area (Å²) in [7, 11) is 1.65. The first-order valence-corrected chi connectivity index (χ1v) is 6.68. The second kappa shape index (κ2) is 6.34. The number of benzene rings is 1. The molecule has 1 atom stereocenters. The maximum Gasteiger partial charge on any atom is 0.127 e. The van der Waals surface area contributed by atoms with Crippen molar-refractivity contribution >= 4 is 23.0 Å². The molecule has 0 amide bonds. The van der Waals surface area contributed by atoms with Gasteiger partial charge in [-0.15, -0.1) is 0 Å². The van der Waals surface area contributed by atoms with Crippen LogP contribution in [0.4, 0.5) is 5.82 Å². The van der Waals surface area contributed by atoms with Gasteiger partial charge in [-0.1, -0.05) is 30.4 Å². The third-order valence-corrected chi connectivity index (χ3v) is 3.19. The lowest BCUT2D eigenvalue weighted by Crippen LogP contribution is -2.14. The molecular formula is C15H17N3OS. The van der Waals surface area contributed by atoms with Crippen molar-refractivity contribution in [3.05, 3.63) is 53.7 Å². The van der Waals surface area contributed by atoms with E-state index in [0.29, 0.717) is 10.7 Å². The summed E-state index contributed by atoms with van der Waals surface area (Å²) in [5.74, 6) is 1.59. The van der Waals surface area contributed by atoms with Crippen LogP contribution in [-0.4, -0.2) is 17.1 Å². The molecule has 2 aromatic rings. The first-order chi connectivity index (χ1) is 9.60. The summed E-state index contributed by atoms with van der Waals surface area (Å²) in [6.45, 7) is 2.07. The fourth-order valence-electron chi connectivity index (χ4n) is 1.85. The Kier molecular flexibility index (Phi) is 4.53. The summed E-state index contributed by atoms with van der Waals surface area (Å²) in [6, 6.07) is 13.6. The van der Waals surface area contributed by atoms with Crippen LogP contribution in [0.1, 0.15) is 24.2 Å². The summed E-state index contributed by atoms with van der Waals surface area (Å²) in [4.78, 5) is 4.67. The Hall–Kier alpha value is -2.14. The van der Waals surface area contributed by atoms with E-state index in [-0.39, 0.29) is 6.04 Å². The minimum absolute atomic E-state index is 0.120. The van der Waals surface area contributed by atoms with Crippen LogP contribution >= 0.6 is 12.2 Å². The number of anilines is 1.